The molecule has 0 aliphatic rings. The zero-order chi connectivity index (χ0) is 15.1. The summed E-state index contributed by atoms with van der Waals surface area (Å²) in [5.74, 6) is -0.437. The van der Waals surface area contributed by atoms with Crippen molar-refractivity contribution >= 4 is 12.2 Å². The van der Waals surface area contributed by atoms with E-state index in [4.69, 9.17) is 0 Å². The van der Waals surface area contributed by atoms with Crippen molar-refractivity contribution in [2.45, 2.75) is 83.7 Å². The minimum absolute atomic E-state index is 0.0199. The normalized spacial score (nSPS) is 12.1. The van der Waals surface area contributed by atoms with Gasteiger partial charge < -0.3 is 15.2 Å². The first-order valence-corrected chi connectivity index (χ1v) is 8.11. The van der Waals surface area contributed by atoms with E-state index in [2.05, 4.69) is 12.2 Å². The highest BCUT2D eigenvalue weighted by molar-refractivity contribution is 5.82. The number of unbranched alkanes of at least 4 members (excludes halogenated alkanes) is 9. The van der Waals surface area contributed by atoms with Crippen LogP contribution in [0.3, 0.4) is 0 Å². The number of hydrogen-bond acceptors (Lipinski definition) is 3. The molecule has 0 aliphatic carbocycles. The summed E-state index contributed by atoms with van der Waals surface area (Å²) in [7, 11) is 0. The van der Waals surface area contributed by atoms with E-state index in [0.717, 1.165) is 12.8 Å². The van der Waals surface area contributed by atoms with Gasteiger partial charge in [-0.05, 0) is 6.42 Å². The summed E-state index contributed by atoms with van der Waals surface area (Å²) in [5.41, 5.74) is 0. The lowest BCUT2D eigenvalue weighted by molar-refractivity contribution is -0.130. The van der Waals surface area contributed by atoms with Crippen molar-refractivity contribution in [1.29, 1.82) is 0 Å². The van der Waals surface area contributed by atoms with Crippen LogP contribution in [-0.4, -0.2) is 29.9 Å². The molecule has 1 atom stereocenters. The summed E-state index contributed by atoms with van der Waals surface area (Å²) in [6.45, 7) is 2.21. The van der Waals surface area contributed by atoms with Gasteiger partial charge in [0.15, 0.2) is 0 Å². The fraction of sp³-hybridized carbons (Fsp3) is 0.875. The molecular formula is C16H31NO3. The van der Waals surface area contributed by atoms with Gasteiger partial charge in [-0.15, -0.1) is 0 Å². The van der Waals surface area contributed by atoms with Gasteiger partial charge in [-0.1, -0.05) is 71.1 Å². The average Bonchev–Trinajstić information content (AvgIpc) is 2.46. The Morgan fingerprint density at radius 3 is 2.00 bits per heavy atom. The van der Waals surface area contributed by atoms with E-state index in [0.29, 0.717) is 12.7 Å². The molecule has 4 nitrogen and oxygen atoms in total. The predicted octanol–water partition coefficient (Wildman–Crippen LogP) is 2.97. The molecule has 0 aliphatic heterocycles. The summed E-state index contributed by atoms with van der Waals surface area (Å²) in [5, 5.41) is 11.9. The molecule has 0 aromatic carbocycles. The lowest BCUT2D eigenvalue weighted by Gasteiger charge is -2.09. The molecule has 0 saturated heterocycles. The van der Waals surface area contributed by atoms with E-state index in [9.17, 15) is 14.7 Å². The molecule has 0 aromatic heterocycles. The minimum Gasteiger partial charge on any atom is -0.383 e. The zero-order valence-corrected chi connectivity index (χ0v) is 12.9. The smallest absolute Gasteiger partial charge is 0.249 e. The van der Waals surface area contributed by atoms with Gasteiger partial charge in [0.25, 0.3) is 0 Å². The molecular weight excluding hydrogens is 254 g/mol. The van der Waals surface area contributed by atoms with Gasteiger partial charge in [-0.25, -0.2) is 0 Å². The molecule has 1 unspecified atom stereocenters. The van der Waals surface area contributed by atoms with Crippen molar-refractivity contribution in [3.63, 3.8) is 0 Å². The number of hydrogen-bond donors (Lipinski definition) is 2. The van der Waals surface area contributed by atoms with Gasteiger partial charge >= 0.3 is 0 Å². The molecule has 4 heteroatoms. The maximum Gasteiger partial charge on any atom is 0.249 e. The standard InChI is InChI=1S/C16H31NO3/c1-2-3-4-5-6-7-8-9-10-11-12-15(19)16(20)17-13-14-18/h14-15,19H,2-13H2,1H3,(H,17,20). The van der Waals surface area contributed by atoms with Crippen LogP contribution in [-0.2, 0) is 9.59 Å². The zero-order valence-electron chi connectivity index (χ0n) is 12.9. The first-order chi connectivity index (χ1) is 9.72. The van der Waals surface area contributed by atoms with Gasteiger partial charge in [-0.2, -0.15) is 0 Å². The van der Waals surface area contributed by atoms with Crippen LogP contribution in [0.25, 0.3) is 0 Å². The Labute approximate surface area is 123 Å². The lowest BCUT2D eigenvalue weighted by Crippen LogP contribution is -2.35. The maximum absolute atomic E-state index is 11.3. The van der Waals surface area contributed by atoms with Crippen molar-refractivity contribution in [3.05, 3.63) is 0 Å². The molecule has 0 rings (SSSR count). The van der Waals surface area contributed by atoms with Crippen LogP contribution in [0.4, 0.5) is 0 Å². The minimum atomic E-state index is -0.969. The first kappa shape index (κ1) is 19.1. The fourth-order valence-electron chi connectivity index (χ4n) is 2.22. The van der Waals surface area contributed by atoms with Gasteiger partial charge in [-0.3, -0.25) is 4.79 Å². The summed E-state index contributed by atoms with van der Waals surface area (Å²) in [6.07, 6.45) is 12.5. The molecule has 20 heavy (non-hydrogen) atoms. The van der Waals surface area contributed by atoms with Crippen LogP contribution in [0.5, 0.6) is 0 Å². The second-order valence-corrected chi connectivity index (χ2v) is 5.40. The topological polar surface area (TPSA) is 66.4 Å². The number of aliphatic hydroxyl groups excluding tert-OH is 1. The second-order valence-electron chi connectivity index (χ2n) is 5.40. The van der Waals surface area contributed by atoms with E-state index >= 15 is 0 Å². The molecule has 2 N–H and O–H groups in total. The highest BCUT2D eigenvalue weighted by atomic mass is 16.3. The number of nitrogens with one attached hydrogen (secondary N) is 1. The first-order valence-electron chi connectivity index (χ1n) is 8.11. The van der Waals surface area contributed by atoms with E-state index in [1.807, 2.05) is 0 Å². The third kappa shape index (κ3) is 12.2. The lowest BCUT2D eigenvalue weighted by atomic mass is 10.0. The third-order valence-electron chi connectivity index (χ3n) is 3.49. The van der Waals surface area contributed by atoms with Crippen molar-refractivity contribution in [1.82, 2.24) is 5.32 Å². The van der Waals surface area contributed by atoms with Crippen molar-refractivity contribution < 1.29 is 14.7 Å². The highest BCUT2D eigenvalue weighted by Crippen LogP contribution is 2.12. The fourth-order valence-corrected chi connectivity index (χ4v) is 2.22. The Balaban J connectivity index is 3.26. The molecule has 118 valence electrons. The van der Waals surface area contributed by atoms with Crippen LogP contribution in [0.1, 0.15) is 77.6 Å². The summed E-state index contributed by atoms with van der Waals surface area (Å²) in [4.78, 5) is 21.4. The molecule has 1 amide bonds. The molecule has 0 saturated carbocycles. The molecule has 0 spiro atoms. The molecule has 0 bridgehead atoms. The van der Waals surface area contributed by atoms with Crippen LogP contribution < -0.4 is 5.32 Å². The summed E-state index contributed by atoms with van der Waals surface area (Å²) >= 11 is 0. The SMILES string of the molecule is CCCCCCCCCCCCC(O)C(=O)NCC=O. The number of aldehydes is 1. The number of rotatable bonds is 14. The molecule has 0 aromatic rings. The third-order valence-corrected chi connectivity index (χ3v) is 3.49. The quantitative estimate of drug-likeness (QED) is 0.381. The van der Waals surface area contributed by atoms with E-state index in [1.54, 1.807) is 0 Å². The molecule has 0 fully saturated rings. The van der Waals surface area contributed by atoms with Gasteiger partial charge in [0, 0.05) is 0 Å². The Kier molecular flexibility index (Phi) is 13.9. The largest absolute Gasteiger partial charge is 0.383 e. The van der Waals surface area contributed by atoms with E-state index in [-0.39, 0.29) is 6.54 Å². The van der Waals surface area contributed by atoms with Crippen molar-refractivity contribution in [2.24, 2.45) is 0 Å². The molecule has 0 heterocycles. The Hall–Kier alpha value is -0.900. The Bertz CT molecular complexity index is 244. The number of amides is 1. The Morgan fingerprint density at radius 2 is 1.50 bits per heavy atom. The van der Waals surface area contributed by atoms with E-state index in [1.165, 1.54) is 51.4 Å². The number of carbonyl (C=O) groups is 2. The highest BCUT2D eigenvalue weighted by Gasteiger charge is 2.13. The van der Waals surface area contributed by atoms with Crippen LogP contribution >= 0.6 is 0 Å². The van der Waals surface area contributed by atoms with Crippen LogP contribution in [0, 0.1) is 0 Å². The number of carbonyl (C=O) groups excluding carboxylic acids is 2. The second kappa shape index (κ2) is 14.5. The van der Waals surface area contributed by atoms with E-state index < -0.39 is 12.0 Å². The van der Waals surface area contributed by atoms with Crippen molar-refractivity contribution in [3.8, 4) is 0 Å². The van der Waals surface area contributed by atoms with Crippen molar-refractivity contribution in [2.75, 3.05) is 6.54 Å². The van der Waals surface area contributed by atoms with Crippen LogP contribution in [0.2, 0.25) is 0 Å². The summed E-state index contributed by atoms with van der Waals surface area (Å²) in [6, 6.07) is 0. The molecule has 0 radical (unpaired) electrons. The van der Waals surface area contributed by atoms with Gasteiger partial charge in [0.1, 0.15) is 12.4 Å². The Morgan fingerprint density at radius 1 is 1.00 bits per heavy atom. The van der Waals surface area contributed by atoms with Gasteiger partial charge in [0.2, 0.25) is 5.91 Å². The summed E-state index contributed by atoms with van der Waals surface area (Å²) < 4.78 is 0. The van der Waals surface area contributed by atoms with Crippen LogP contribution in [0.15, 0.2) is 0 Å². The monoisotopic (exact) mass is 285 g/mol. The maximum atomic E-state index is 11.3. The average molecular weight is 285 g/mol. The number of aliphatic hydroxyl groups is 1. The predicted molar refractivity (Wildman–Crippen MR) is 81.5 cm³/mol. The van der Waals surface area contributed by atoms with Gasteiger partial charge in [0.05, 0.1) is 6.54 Å².